The van der Waals surface area contributed by atoms with E-state index in [0.717, 1.165) is 41.6 Å². The van der Waals surface area contributed by atoms with E-state index in [4.69, 9.17) is 17.0 Å². The van der Waals surface area contributed by atoms with Crippen LogP contribution in [-0.2, 0) is 0 Å². The molecule has 2 aliphatic rings. The molecule has 1 saturated heterocycles. The lowest BCUT2D eigenvalue weighted by atomic mass is 10.1. The second-order valence-electron chi connectivity index (χ2n) is 6.73. The van der Waals surface area contributed by atoms with E-state index >= 15 is 0 Å². The largest absolute Gasteiger partial charge is 0.488 e. The number of anilines is 1. The molecule has 1 atom stereocenters. The Morgan fingerprint density at radius 2 is 1.88 bits per heavy atom. The second kappa shape index (κ2) is 7.38. The van der Waals surface area contributed by atoms with Gasteiger partial charge in [-0.05, 0) is 37.3 Å². The smallest absolute Gasteiger partial charge is 0.173 e. The Morgan fingerprint density at radius 1 is 1.12 bits per heavy atom. The lowest BCUT2D eigenvalue weighted by molar-refractivity contribution is 0.336. The number of rotatable bonds is 2. The first kappa shape index (κ1) is 16.9. The summed E-state index contributed by atoms with van der Waals surface area (Å²) in [6.07, 6.45) is 1.99. The van der Waals surface area contributed by atoms with Gasteiger partial charge in [0.25, 0.3) is 0 Å². The number of para-hydroxylation sites is 2. The Morgan fingerprint density at radius 3 is 2.69 bits per heavy atom. The zero-order chi connectivity index (χ0) is 17.9. The number of thiocarbonyl (C=S) groups is 1. The van der Waals surface area contributed by atoms with Crippen LogP contribution in [0, 0.1) is 0 Å². The van der Waals surface area contributed by atoms with E-state index in [2.05, 4.69) is 58.4 Å². The van der Waals surface area contributed by atoms with Crippen LogP contribution in [0.4, 0.5) is 5.69 Å². The molecule has 134 valence electrons. The van der Waals surface area contributed by atoms with Crippen LogP contribution >= 0.6 is 12.2 Å². The Bertz CT molecular complexity index is 821. The molecule has 2 heterocycles. The third-order valence-corrected chi connectivity index (χ3v) is 5.36. The third kappa shape index (κ3) is 3.40. The number of piperazine rings is 1. The number of nitrogens with zero attached hydrogens (tertiary/aromatic N) is 2. The number of fused-ring (bicyclic) bond motifs is 1. The van der Waals surface area contributed by atoms with Crippen molar-refractivity contribution in [2.24, 2.45) is 0 Å². The molecule has 5 heteroatoms. The number of nitrogens with one attached hydrogen (secondary N) is 1. The molecule has 4 rings (SSSR count). The van der Waals surface area contributed by atoms with Crippen LogP contribution in [0.2, 0.25) is 0 Å². The highest BCUT2D eigenvalue weighted by Gasteiger charge is 2.25. The van der Waals surface area contributed by atoms with E-state index in [1.54, 1.807) is 0 Å². The van der Waals surface area contributed by atoms with E-state index < -0.39 is 0 Å². The molecule has 0 amide bonds. The van der Waals surface area contributed by atoms with Crippen molar-refractivity contribution in [3.05, 3.63) is 66.4 Å². The maximum Gasteiger partial charge on any atom is 0.173 e. The van der Waals surface area contributed by atoms with Gasteiger partial charge in [-0.25, -0.2) is 0 Å². The summed E-state index contributed by atoms with van der Waals surface area (Å²) >= 11 is 5.63. The Hall–Kier alpha value is -2.53. The molecule has 0 aromatic heterocycles. The summed E-state index contributed by atoms with van der Waals surface area (Å²) in [6.45, 7) is 5.64. The normalized spacial score (nSPS) is 20.7. The number of benzene rings is 2. The van der Waals surface area contributed by atoms with Crippen molar-refractivity contribution in [2.75, 3.05) is 31.1 Å². The van der Waals surface area contributed by atoms with E-state index in [-0.39, 0.29) is 0 Å². The van der Waals surface area contributed by atoms with Crippen LogP contribution in [-0.4, -0.2) is 42.3 Å². The highest BCUT2D eigenvalue weighted by Crippen LogP contribution is 2.32. The van der Waals surface area contributed by atoms with Crippen molar-refractivity contribution in [2.45, 2.75) is 13.0 Å². The monoisotopic (exact) mass is 365 g/mol. The number of hydrogen-bond donors (Lipinski definition) is 1. The van der Waals surface area contributed by atoms with Crippen molar-refractivity contribution < 1.29 is 4.74 Å². The SMILES string of the molecule is CC1CN(C(=S)N/C=C2/COc3ccccc32)CCN1c1ccccc1. The Balaban J connectivity index is 1.38. The molecular formula is C21H23N3OS. The maximum atomic E-state index is 5.70. The first-order valence-electron chi connectivity index (χ1n) is 9.01. The van der Waals surface area contributed by atoms with Gasteiger partial charge in [0.05, 0.1) is 0 Å². The van der Waals surface area contributed by atoms with Gasteiger partial charge < -0.3 is 19.9 Å². The van der Waals surface area contributed by atoms with Crippen molar-refractivity contribution in [1.29, 1.82) is 0 Å². The summed E-state index contributed by atoms with van der Waals surface area (Å²) in [5.41, 5.74) is 3.56. The molecule has 0 saturated carbocycles. The summed E-state index contributed by atoms with van der Waals surface area (Å²) < 4.78 is 5.70. The average Bonchev–Trinajstić information content (AvgIpc) is 3.10. The quantitative estimate of drug-likeness (QED) is 0.823. The first-order chi connectivity index (χ1) is 12.7. The molecule has 1 unspecified atom stereocenters. The molecule has 2 aromatic rings. The zero-order valence-corrected chi connectivity index (χ0v) is 15.7. The first-order valence-corrected chi connectivity index (χ1v) is 9.41. The predicted octanol–water partition coefficient (Wildman–Crippen LogP) is 3.51. The summed E-state index contributed by atoms with van der Waals surface area (Å²) in [4.78, 5) is 4.69. The number of hydrogen-bond acceptors (Lipinski definition) is 3. The van der Waals surface area contributed by atoms with Crippen LogP contribution in [0.25, 0.3) is 5.57 Å². The van der Waals surface area contributed by atoms with Crippen LogP contribution in [0.5, 0.6) is 5.75 Å². The molecule has 26 heavy (non-hydrogen) atoms. The van der Waals surface area contributed by atoms with Crippen LogP contribution < -0.4 is 15.0 Å². The van der Waals surface area contributed by atoms with Crippen molar-refractivity contribution >= 4 is 28.6 Å². The van der Waals surface area contributed by atoms with E-state index in [1.807, 2.05) is 24.4 Å². The molecule has 0 aliphatic carbocycles. The molecule has 0 spiro atoms. The fraction of sp³-hybridized carbons (Fsp3) is 0.286. The predicted molar refractivity (Wildman–Crippen MR) is 110 cm³/mol. The highest BCUT2D eigenvalue weighted by molar-refractivity contribution is 7.80. The van der Waals surface area contributed by atoms with Gasteiger partial charge >= 0.3 is 0 Å². The summed E-state index contributed by atoms with van der Waals surface area (Å²) in [7, 11) is 0. The molecule has 1 fully saturated rings. The van der Waals surface area contributed by atoms with E-state index in [0.29, 0.717) is 12.6 Å². The fourth-order valence-electron chi connectivity index (χ4n) is 3.60. The van der Waals surface area contributed by atoms with Gasteiger partial charge in [-0.2, -0.15) is 0 Å². The lowest BCUT2D eigenvalue weighted by Gasteiger charge is -2.42. The summed E-state index contributed by atoms with van der Waals surface area (Å²) in [5.74, 6) is 0.941. The molecule has 2 aromatic carbocycles. The number of ether oxygens (including phenoxy) is 1. The van der Waals surface area contributed by atoms with E-state index in [9.17, 15) is 0 Å². The standard InChI is InChI=1S/C21H23N3OS/c1-16-14-23(11-12-24(16)18-7-3-2-4-8-18)21(26)22-13-17-15-25-20-10-6-5-9-19(17)20/h2-10,13,16H,11-12,14-15H2,1H3,(H,22,26)/b17-13-. The van der Waals surface area contributed by atoms with Crippen molar-refractivity contribution in [1.82, 2.24) is 10.2 Å². The topological polar surface area (TPSA) is 27.7 Å². The minimum Gasteiger partial charge on any atom is -0.488 e. The molecule has 0 bridgehead atoms. The molecule has 4 nitrogen and oxygen atoms in total. The summed E-state index contributed by atoms with van der Waals surface area (Å²) in [5, 5.41) is 4.09. The van der Waals surface area contributed by atoms with Crippen molar-refractivity contribution in [3.8, 4) is 5.75 Å². The highest BCUT2D eigenvalue weighted by atomic mass is 32.1. The molecule has 1 N–H and O–H groups in total. The third-order valence-electron chi connectivity index (χ3n) is 4.99. The minimum absolute atomic E-state index is 0.411. The van der Waals surface area contributed by atoms with Crippen LogP contribution in [0.15, 0.2) is 60.8 Å². The van der Waals surface area contributed by atoms with Gasteiger partial charge in [-0.15, -0.1) is 0 Å². The van der Waals surface area contributed by atoms with Crippen molar-refractivity contribution in [3.63, 3.8) is 0 Å². The van der Waals surface area contributed by atoms with Crippen LogP contribution in [0.3, 0.4) is 0 Å². The molecular weight excluding hydrogens is 342 g/mol. The van der Waals surface area contributed by atoms with Gasteiger partial charge in [0, 0.05) is 48.7 Å². The second-order valence-corrected chi connectivity index (χ2v) is 7.11. The zero-order valence-electron chi connectivity index (χ0n) is 14.9. The van der Waals surface area contributed by atoms with Gasteiger partial charge in [0.2, 0.25) is 0 Å². The van der Waals surface area contributed by atoms with Gasteiger partial charge in [-0.1, -0.05) is 36.4 Å². The fourth-order valence-corrected chi connectivity index (χ4v) is 3.82. The van der Waals surface area contributed by atoms with Gasteiger partial charge in [-0.3, -0.25) is 0 Å². The van der Waals surface area contributed by atoms with Gasteiger partial charge in [0.15, 0.2) is 5.11 Å². The van der Waals surface area contributed by atoms with Gasteiger partial charge in [0.1, 0.15) is 12.4 Å². The van der Waals surface area contributed by atoms with Crippen LogP contribution in [0.1, 0.15) is 12.5 Å². The summed E-state index contributed by atoms with van der Waals surface area (Å²) in [6, 6.07) is 19.1. The molecule has 0 radical (unpaired) electrons. The minimum atomic E-state index is 0.411. The lowest BCUT2D eigenvalue weighted by Crippen LogP contribution is -2.55. The van der Waals surface area contributed by atoms with E-state index in [1.165, 1.54) is 5.69 Å². The average molecular weight is 366 g/mol. The Kier molecular flexibility index (Phi) is 4.80. The Labute approximate surface area is 160 Å². The maximum absolute atomic E-state index is 5.70. The molecule has 2 aliphatic heterocycles.